The fourth-order valence-corrected chi connectivity index (χ4v) is 4.01. The number of nitrogens with zero attached hydrogens (tertiary/aromatic N) is 2. The third-order valence-electron chi connectivity index (χ3n) is 5.45. The fourth-order valence-electron chi connectivity index (χ4n) is 4.01. The van der Waals surface area contributed by atoms with Crippen LogP contribution in [0.1, 0.15) is 23.6 Å². The van der Waals surface area contributed by atoms with E-state index >= 15 is 0 Å². The summed E-state index contributed by atoms with van der Waals surface area (Å²) >= 11 is 0. The highest BCUT2D eigenvalue weighted by Gasteiger charge is 2.22. The van der Waals surface area contributed by atoms with Gasteiger partial charge in [0.05, 0.1) is 0 Å². The molecule has 3 heteroatoms. The Bertz CT molecular complexity index is 1080. The predicted octanol–water partition coefficient (Wildman–Crippen LogP) is 5.54. The normalized spacial score (nSPS) is 15.0. The zero-order valence-corrected chi connectivity index (χ0v) is 16.1. The molecule has 0 spiro atoms. The highest BCUT2D eigenvalue weighted by molar-refractivity contribution is 5.77. The van der Waals surface area contributed by atoms with E-state index < -0.39 is 0 Å². The van der Waals surface area contributed by atoms with Crippen LogP contribution < -0.4 is 0 Å². The number of likely N-dealkylation sites (tertiary alicyclic amines) is 1. The summed E-state index contributed by atoms with van der Waals surface area (Å²) in [5.74, 6) is 1.53. The van der Waals surface area contributed by atoms with Crippen molar-refractivity contribution in [3.63, 3.8) is 0 Å². The third kappa shape index (κ3) is 3.58. The molecule has 3 aromatic carbocycles. The Morgan fingerprint density at radius 2 is 1.64 bits per heavy atom. The highest BCUT2D eigenvalue weighted by atomic mass is 16.3. The largest absolute Gasteiger partial charge is 0.436 e. The van der Waals surface area contributed by atoms with Gasteiger partial charge in [-0.3, -0.25) is 4.90 Å². The van der Waals surface area contributed by atoms with Crippen LogP contribution >= 0.6 is 0 Å². The van der Waals surface area contributed by atoms with E-state index in [-0.39, 0.29) is 0 Å². The van der Waals surface area contributed by atoms with Gasteiger partial charge in [-0.05, 0) is 53.3 Å². The molecule has 0 bridgehead atoms. The molecule has 4 aromatic rings. The lowest BCUT2D eigenvalue weighted by Gasteiger charge is -2.37. The smallest absolute Gasteiger partial charge is 0.227 e. The monoisotopic (exact) mass is 368 g/mol. The van der Waals surface area contributed by atoms with E-state index in [1.54, 1.807) is 0 Å². The molecular weight excluding hydrogens is 344 g/mol. The Balaban J connectivity index is 1.34. The minimum Gasteiger partial charge on any atom is -0.436 e. The average molecular weight is 368 g/mol. The topological polar surface area (TPSA) is 29.3 Å². The Kier molecular flexibility index (Phi) is 4.46. The zero-order chi connectivity index (χ0) is 18.9. The quantitative estimate of drug-likeness (QED) is 0.463. The number of benzene rings is 3. The first-order valence-electron chi connectivity index (χ1n) is 9.98. The van der Waals surface area contributed by atoms with Crippen LogP contribution in [0.3, 0.4) is 0 Å². The molecule has 28 heavy (non-hydrogen) atoms. The van der Waals surface area contributed by atoms with Gasteiger partial charge in [-0.15, -0.1) is 0 Å². The van der Waals surface area contributed by atoms with Crippen LogP contribution in [0.4, 0.5) is 0 Å². The molecular formula is C25H24N2O. The van der Waals surface area contributed by atoms with E-state index in [0.29, 0.717) is 5.89 Å². The first-order chi connectivity index (χ1) is 13.7. The Labute approximate surface area is 165 Å². The van der Waals surface area contributed by atoms with Gasteiger partial charge in [0.2, 0.25) is 5.89 Å². The summed E-state index contributed by atoms with van der Waals surface area (Å²) in [5, 5.41) is 0. The number of fused-ring (bicyclic) bond motifs is 1. The van der Waals surface area contributed by atoms with Crippen LogP contribution in [-0.4, -0.2) is 23.0 Å². The van der Waals surface area contributed by atoms with Crippen molar-refractivity contribution in [2.24, 2.45) is 5.92 Å². The Morgan fingerprint density at radius 1 is 0.893 bits per heavy atom. The van der Waals surface area contributed by atoms with Gasteiger partial charge in [-0.1, -0.05) is 55.5 Å². The molecule has 2 heterocycles. The van der Waals surface area contributed by atoms with Crippen molar-refractivity contribution in [3.8, 4) is 11.5 Å². The van der Waals surface area contributed by atoms with Crippen molar-refractivity contribution >= 4 is 11.1 Å². The van der Waals surface area contributed by atoms with Crippen molar-refractivity contribution in [1.29, 1.82) is 0 Å². The van der Waals surface area contributed by atoms with E-state index in [1.807, 2.05) is 12.1 Å². The lowest BCUT2D eigenvalue weighted by atomic mass is 10.0. The lowest BCUT2D eigenvalue weighted by Crippen LogP contribution is -2.44. The van der Waals surface area contributed by atoms with Gasteiger partial charge in [-0.25, -0.2) is 4.98 Å². The van der Waals surface area contributed by atoms with Crippen LogP contribution in [0.5, 0.6) is 0 Å². The average Bonchev–Trinajstić information content (AvgIpc) is 3.11. The second-order valence-corrected chi connectivity index (χ2v) is 7.98. The number of rotatable bonds is 5. The summed E-state index contributed by atoms with van der Waals surface area (Å²) in [6, 6.07) is 25.4. The highest BCUT2D eigenvalue weighted by Crippen LogP contribution is 2.26. The second-order valence-electron chi connectivity index (χ2n) is 7.98. The SMILES string of the molecule is CC1CN(Cc2ccc(-c3nc4cc(Cc5ccccc5)ccc4o3)cc2)C1. The summed E-state index contributed by atoms with van der Waals surface area (Å²) in [4.78, 5) is 7.22. The minimum atomic E-state index is 0.691. The predicted molar refractivity (Wildman–Crippen MR) is 113 cm³/mol. The van der Waals surface area contributed by atoms with Crippen LogP contribution in [0.15, 0.2) is 77.2 Å². The molecule has 1 aliphatic heterocycles. The summed E-state index contributed by atoms with van der Waals surface area (Å²) < 4.78 is 6.01. The van der Waals surface area contributed by atoms with Crippen LogP contribution in [0, 0.1) is 5.92 Å². The van der Waals surface area contributed by atoms with Gasteiger partial charge in [0, 0.05) is 25.2 Å². The fraction of sp³-hybridized carbons (Fsp3) is 0.240. The van der Waals surface area contributed by atoms with E-state index in [1.165, 1.54) is 29.8 Å². The first-order valence-corrected chi connectivity index (χ1v) is 9.98. The van der Waals surface area contributed by atoms with Gasteiger partial charge in [0.1, 0.15) is 5.52 Å². The molecule has 1 aliphatic rings. The Morgan fingerprint density at radius 3 is 2.39 bits per heavy atom. The van der Waals surface area contributed by atoms with Gasteiger partial charge in [0.15, 0.2) is 5.58 Å². The summed E-state index contributed by atoms with van der Waals surface area (Å²) in [6.45, 7) is 5.75. The van der Waals surface area contributed by atoms with Crippen molar-refractivity contribution < 1.29 is 4.42 Å². The van der Waals surface area contributed by atoms with Gasteiger partial charge in [-0.2, -0.15) is 0 Å². The standard InChI is InChI=1S/C25H24N2O/c1-18-15-27(16-18)17-20-7-10-22(11-8-20)25-26-23-14-21(9-12-24(23)28-25)13-19-5-3-2-4-6-19/h2-12,14,18H,13,15-17H2,1H3. The van der Waals surface area contributed by atoms with Crippen LogP contribution in [0.25, 0.3) is 22.6 Å². The van der Waals surface area contributed by atoms with Gasteiger partial charge in [0.25, 0.3) is 0 Å². The van der Waals surface area contributed by atoms with E-state index in [9.17, 15) is 0 Å². The van der Waals surface area contributed by atoms with Gasteiger partial charge >= 0.3 is 0 Å². The van der Waals surface area contributed by atoms with Crippen molar-refractivity contribution in [1.82, 2.24) is 9.88 Å². The zero-order valence-electron chi connectivity index (χ0n) is 16.1. The molecule has 1 aromatic heterocycles. The van der Waals surface area contributed by atoms with Crippen molar-refractivity contribution in [2.45, 2.75) is 19.9 Å². The number of hydrogen-bond acceptors (Lipinski definition) is 3. The molecule has 0 saturated carbocycles. The first kappa shape index (κ1) is 17.2. The second kappa shape index (κ2) is 7.25. The molecule has 3 nitrogen and oxygen atoms in total. The molecule has 0 amide bonds. The van der Waals surface area contributed by atoms with Crippen LogP contribution in [0.2, 0.25) is 0 Å². The van der Waals surface area contributed by atoms with Crippen LogP contribution in [-0.2, 0) is 13.0 Å². The lowest BCUT2D eigenvalue weighted by molar-refractivity contribution is 0.105. The minimum absolute atomic E-state index is 0.691. The maximum absolute atomic E-state index is 6.01. The maximum Gasteiger partial charge on any atom is 0.227 e. The number of oxazole rings is 1. The number of hydrogen-bond donors (Lipinski definition) is 0. The molecule has 140 valence electrons. The molecule has 0 N–H and O–H groups in total. The summed E-state index contributed by atoms with van der Waals surface area (Å²) in [6.07, 6.45) is 0.906. The van der Waals surface area contributed by atoms with E-state index in [2.05, 4.69) is 72.5 Å². The van der Waals surface area contributed by atoms with E-state index in [4.69, 9.17) is 9.40 Å². The van der Waals surface area contributed by atoms with Gasteiger partial charge < -0.3 is 4.42 Å². The molecule has 1 fully saturated rings. The summed E-state index contributed by atoms with van der Waals surface area (Å²) in [5.41, 5.74) is 6.68. The number of aromatic nitrogens is 1. The molecule has 0 unspecified atom stereocenters. The molecule has 5 rings (SSSR count). The maximum atomic E-state index is 6.01. The van der Waals surface area contributed by atoms with Crippen molar-refractivity contribution in [2.75, 3.05) is 13.1 Å². The van der Waals surface area contributed by atoms with Crippen molar-refractivity contribution in [3.05, 3.63) is 89.5 Å². The summed E-state index contributed by atoms with van der Waals surface area (Å²) in [7, 11) is 0. The third-order valence-corrected chi connectivity index (χ3v) is 5.45. The van der Waals surface area contributed by atoms with E-state index in [0.717, 1.165) is 35.5 Å². The molecule has 1 saturated heterocycles. The molecule has 0 aliphatic carbocycles. The Hall–Kier alpha value is -2.91. The molecule has 0 atom stereocenters. The molecule has 0 radical (unpaired) electrons.